The SMILES string of the molecule is CCOc1cc(Br)c(C=C2C(=O)N(c3ccccc3)N=C2C)cc1OC. The molecule has 0 spiro atoms. The summed E-state index contributed by atoms with van der Waals surface area (Å²) in [6.07, 6.45) is 1.81. The lowest BCUT2D eigenvalue weighted by atomic mass is 10.1. The van der Waals surface area contributed by atoms with Crippen molar-refractivity contribution in [2.24, 2.45) is 5.10 Å². The lowest BCUT2D eigenvalue weighted by Gasteiger charge is -2.12. The monoisotopic (exact) mass is 414 g/mol. The van der Waals surface area contributed by atoms with Crippen LogP contribution in [0.2, 0.25) is 0 Å². The Balaban J connectivity index is 1.98. The van der Waals surface area contributed by atoms with Crippen LogP contribution in [-0.2, 0) is 4.79 Å². The fourth-order valence-corrected chi connectivity index (χ4v) is 3.11. The standard InChI is InChI=1S/C20H19BrN2O3/c1-4-26-19-12-17(21)14(11-18(19)25-3)10-16-13(2)22-23(20(16)24)15-8-6-5-7-9-15/h5-12H,4H2,1-3H3. The molecule has 134 valence electrons. The Labute approximate surface area is 161 Å². The van der Waals surface area contributed by atoms with Gasteiger partial charge in [-0.05, 0) is 49.8 Å². The summed E-state index contributed by atoms with van der Waals surface area (Å²) in [6.45, 7) is 4.28. The molecule has 0 saturated carbocycles. The van der Waals surface area contributed by atoms with Gasteiger partial charge in [0, 0.05) is 4.47 Å². The second-order valence-electron chi connectivity index (χ2n) is 5.65. The molecule has 1 amide bonds. The normalized spacial score (nSPS) is 15.4. The third kappa shape index (κ3) is 3.51. The van der Waals surface area contributed by atoms with Crippen LogP contribution in [0.25, 0.3) is 6.08 Å². The minimum atomic E-state index is -0.159. The maximum atomic E-state index is 12.8. The number of benzene rings is 2. The van der Waals surface area contributed by atoms with E-state index >= 15 is 0 Å². The summed E-state index contributed by atoms with van der Waals surface area (Å²) < 4.78 is 11.8. The van der Waals surface area contributed by atoms with E-state index in [4.69, 9.17) is 9.47 Å². The number of para-hydroxylation sites is 1. The van der Waals surface area contributed by atoms with Crippen LogP contribution in [0.15, 0.2) is 57.6 Å². The highest BCUT2D eigenvalue weighted by Gasteiger charge is 2.28. The van der Waals surface area contributed by atoms with Gasteiger partial charge in [-0.15, -0.1) is 0 Å². The molecule has 0 aromatic heterocycles. The van der Waals surface area contributed by atoms with Crippen LogP contribution in [0, 0.1) is 0 Å². The van der Waals surface area contributed by atoms with Crippen LogP contribution in [-0.4, -0.2) is 25.3 Å². The number of ether oxygens (including phenoxy) is 2. The van der Waals surface area contributed by atoms with Crippen molar-refractivity contribution in [1.29, 1.82) is 0 Å². The maximum absolute atomic E-state index is 12.8. The van der Waals surface area contributed by atoms with Crippen molar-refractivity contribution in [2.45, 2.75) is 13.8 Å². The van der Waals surface area contributed by atoms with Gasteiger partial charge in [0.05, 0.1) is 30.7 Å². The van der Waals surface area contributed by atoms with Crippen molar-refractivity contribution in [1.82, 2.24) is 0 Å². The summed E-state index contributed by atoms with van der Waals surface area (Å²) in [6, 6.07) is 13.1. The third-order valence-electron chi connectivity index (χ3n) is 3.95. The molecule has 1 aliphatic rings. The summed E-state index contributed by atoms with van der Waals surface area (Å²) in [5.41, 5.74) is 2.76. The van der Waals surface area contributed by atoms with Crippen LogP contribution in [0.5, 0.6) is 11.5 Å². The lowest BCUT2D eigenvalue weighted by molar-refractivity contribution is -0.114. The molecule has 1 heterocycles. The van der Waals surface area contributed by atoms with Crippen LogP contribution in [0.3, 0.4) is 0 Å². The molecule has 0 fully saturated rings. The summed E-state index contributed by atoms with van der Waals surface area (Å²) in [5.74, 6) is 1.10. The molecule has 0 N–H and O–H groups in total. The van der Waals surface area contributed by atoms with E-state index in [1.165, 1.54) is 5.01 Å². The van der Waals surface area contributed by atoms with Crippen molar-refractivity contribution in [3.8, 4) is 11.5 Å². The zero-order valence-corrected chi connectivity index (χ0v) is 16.4. The van der Waals surface area contributed by atoms with Crippen LogP contribution in [0.4, 0.5) is 5.69 Å². The molecule has 0 radical (unpaired) electrons. The first kappa shape index (κ1) is 18.2. The van der Waals surface area contributed by atoms with Gasteiger partial charge in [-0.1, -0.05) is 34.1 Å². The van der Waals surface area contributed by atoms with E-state index < -0.39 is 0 Å². The van der Waals surface area contributed by atoms with Gasteiger partial charge in [-0.2, -0.15) is 10.1 Å². The van der Waals surface area contributed by atoms with Crippen molar-refractivity contribution in [3.05, 3.63) is 58.1 Å². The maximum Gasteiger partial charge on any atom is 0.280 e. The van der Waals surface area contributed by atoms with Crippen molar-refractivity contribution in [3.63, 3.8) is 0 Å². The Bertz CT molecular complexity index is 891. The molecular formula is C20H19BrN2O3. The van der Waals surface area contributed by atoms with Gasteiger partial charge in [-0.25, -0.2) is 0 Å². The lowest BCUT2D eigenvalue weighted by Crippen LogP contribution is -2.21. The van der Waals surface area contributed by atoms with Gasteiger partial charge >= 0.3 is 0 Å². The molecule has 5 nitrogen and oxygen atoms in total. The number of hydrogen-bond donors (Lipinski definition) is 0. The zero-order valence-electron chi connectivity index (χ0n) is 14.8. The fraction of sp³-hybridized carbons (Fsp3) is 0.200. The van der Waals surface area contributed by atoms with Gasteiger partial charge in [0.25, 0.3) is 5.91 Å². The minimum Gasteiger partial charge on any atom is -0.493 e. The molecule has 0 bridgehead atoms. The number of carbonyl (C=O) groups excluding carboxylic acids is 1. The minimum absolute atomic E-state index is 0.159. The molecule has 2 aromatic carbocycles. The van der Waals surface area contributed by atoms with E-state index in [-0.39, 0.29) is 5.91 Å². The predicted octanol–water partition coefficient (Wildman–Crippen LogP) is 4.66. The first-order valence-electron chi connectivity index (χ1n) is 8.22. The van der Waals surface area contributed by atoms with Crippen LogP contribution >= 0.6 is 15.9 Å². The highest BCUT2D eigenvalue weighted by molar-refractivity contribution is 9.10. The number of halogens is 1. The molecule has 2 aromatic rings. The summed E-state index contributed by atoms with van der Waals surface area (Å²) in [7, 11) is 1.59. The van der Waals surface area contributed by atoms with Gasteiger partial charge in [0.1, 0.15) is 0 Å². The Hall–Kier alpha value is -2.60. The van der Waals surface area contributed by atoms with Crippen LogP contribution in [0.1, 0.15) is 19.4 Å². The molecule has 6 heteroatoms. The van der Waals surface area contributed by atoms with Crippen LogP contribution < -0.4 is 14.5 Å². The van der Waals surface area contributed by atoms with Crippen molar-refractivity contribution in [2.75, 3.05) is 18.7 Å². The zero-order chi connectivity index (χ0) is 18.7. The Morgan fingerprint density at radius 2 is 1.92 bits per heavy atom. The van der Waals surface area contributed by atoms with Gasteiger partial charge in [0.15, 0.2) is 11.5 Å². The number of methoxy groups -OCH3 is 1. The van der Waals surface area contributed by atoms with E-state index in [1.807, 2.05) is 62.4 Å². The topological polar surface area (TPSA) is 51.1 Å². The molecule has 0 unspecified atom stereocenters. The highest BCUT2D eigenvalue weighted by Crippen LogP contribution is 2.35. The summed E-state index contributed by atoms with van der Waals surface area (Å²) in [5, 5.41) is 5.82. The molecule has 1 aliphatic heterocycles. The second kappa shape index (κ2) is 7.74. The number of rotatable bonds is 5. The van der Waals surface area contributed by atoms with Crippen molar-refractivity contribution < 1.29 is 14.3 Å². The molecule has 0 atom stereocenters. The molecular weight excluding hydrogens is 396 g/mol. The molecule has 3 rings (SSSR count). The largest absolute Gasteiger partial charge is 0.493 e. The van der Waals surface area contributed by atoms with Gasteiger partial charge in [-0.3, -0.25) is 4.79 Å². The first-order valence-corrected chi connectivity index (χ1v) is 9.01. The number of hydrazone groups is 1. The summed E-state index contributed by atoms with van der Waals surface area (Å²) in [4.78, 5) is 12.8. The predicted molar refractivity (Wildman–Crippen MR) is 107 cm³/mol. The number of hydrogen-bond acceptors (Lipinski definition) is 4. The van der Waals surface area contributed by atoms with Crippen molar-refractivity contribution >= 4 is 39.3 Å². The van der Waals surface area contributed by atoms with E-state index in [9.17, 15) is 4.79 Å². The average Bonchev–Trinajstić information content (AvgIpc) is 2.93. The molecule has 0 saturated heterocycles. The first-order chi connectivity index (χ1) is 12.5. The molecule has 26 heavy (non-hydrogen) atoms. The Morgan fingerprint density at radius 3 is 2.58 bits per heavy atom. The fourth-order valence-electron chi connectivity index (χ4n) is 2.67. The van der Waals surface area contributed by atoms with Gasteiger partial charge in [0.2, 0.25) is 0 Å². The number of carbonyl (C=O) groups is 1. The molecule has 0 aliphatic carbocycles. The van der Waals surface area contributed by atoms with E-state index in [1.54, 1.807) is 7.11 Å². The second-order valence-corrected chi connectivity index (χ2v) is 6.51. The number of anilines is 1. The smallest absolute Gasteiger partial charge is 0.280 e. The summed E-state index contributed by atoms with van der Waals surface area (Å²) >= 11 is 3.54. The number of amides is 1. The van der Waals surface area contributed by atoms with E-state index in [0.29, 0.717) is 29.4 Å². The van der Waals surface area contributed by atoms with E-state index in [2.05, 4.69) is 21.0 Å². The quantitative estimate of drug-likeness (QED) is 0.668. The van der Waals surface area contributed by atoms with E-state index in [0.717, 1.165) is 15.7 Å². The Kier molecular flexibility index (Phi) is 5.42. The third-order valence-corrected chi connectivity index (χ3v) is 4.63. The average molecular weight is 415 g/mol. The highest BCUT2D eigenvalue weighted by atomic mass is 79.9. The Morgan fingerprint density at radius 1 is 1.19 bits per heavy atom. The number of nitrogens with zero attached hydrogens (tertiary/aromatic N) is 2. The van der Waals surface area contributed by atoms with Gasteiger partial charge < -0.3 is 9.47 Å².